The topological polar surface area (TPSA) is 54.5 Å². The zero-order chi connectivity index (χ0) is 21.7. The number of carbonyl (C=O) groups excluding carboxylic acids is 3. The Balaban J connectivity index is 1.70. The molecule has 1 aliphatic heterocycles. The monoisotopic (exact) mass is 405 g/mol. The van der Waals surface area contributed by atoms with Crippen LogP contribution < -0.4 is 4.90 Å². The zero-order valence-corrected chi connectivity index (χ0v) is 17.2. The van der Waals surface area contributed by atoms with Crippen molar-refractivity contribution in [3.63, 3.8) is 0 Å². The number of aryl methyl sites for hydroxylation is 2. The van der Waals surface area contributed by atoms with Gasteiger partial charge in [0, 0.05) is 27.6 Å². The number of imide groups is 1. The van der Waals surface area contributed by atoms with Crippen molar-refractivity contribution in [1.82, 2.24) is 0 Å². The molecule has 4 heteroatoms. The molecule has 0 spiro atoms. The van der Waals surface area contributed by atoms with Crippen molar-refractivity contribution in [2.24, 2.45) is 0 Å². The molecule has 0 saturated heterocycles. The van der Waals surface area contributed by atoms with Gasteiger partial charge in [0.1, 0.15) is 0 Å². The van der Waals surface area contributed by atoms with Gasteiger partial charge in [-0.15, -0.1) is 0 Å². The minimum atomic E-state index is -0.379. The second kappa shape index (κ2) is 7.03. The molecule has 2 amide bonds. The molecule has 0 unspecified atom stereocenters. The van der Waals surface area contributed by atoms with Crippen LogP contribution in [0.1, 0.15) is 47.8 Å². The van der Waals surface area contributed by atoms with Crippen molar-refractivity contribution in [3.8, 4) is 0 Å². The van der Waals surface area contributed by atoms with Gasteiger partial charge in [0.05, 0.1) is 5.69 Å². The molecule has 0 fully saturated rings. The van der Waals surface area contributed by atoms with E-state index in [0.717, 1.165) is 11.1 Å². The van der Waals surface area contributed by atoms with E-state index < -0.39 is 0 Å². The second-order valence-corrected chi connectivity index (χ2v) is 7.80. The van der Waals surface area contributed by atoms with Crippen molar-refractivity contribution < 1.29 is 14.4 Å². The van der Waals surface area contributed by atoms with E-state index in [1.54, 1.807) is 48.5 Å². The van der Waals surface area contributed by atoms with Crippen molar-refractivity contribution in [1.29, 1.82) is 0 Å². The molecule has 31 heavy (non-hydrogen) atoms. The summed E-state index contributed by atoms with van der Waals surface area (Å²) in [5.74, 6) is -0.896. The van der Waals surface area contributed by atoms with Gasteiger partial charge in [0.25, 0.3) is 11.8 Å². The summed E-state index contributed by atoms with van der Waals surface area (Å²) in [5, 5.41) is 1.16. The fourth-order valence-corrected chi connectivity index (χ4v) is 4.14. The summed E-state index contributed by atoms with van der Waals surface area (Å²) in [6, 6.07) is 23.2. The standard InChI is InChI=1S/C27H19NO3/c1-16-11-12-19(15-17(16)2)28-26(30)22-10-6-9-20-21(13-14-23(24(20)22)27(28)31)25(29)18-7-4-3-5-8-18/h3-15H,1-2H3. The van der Waals surface area contributed by atoms with Crippen LogP contribution in [0.2, 0.25) is 0 Å². The summed E-state index contributed by atoms with van der Waals surface area (Å²) in [7, 11) is 0. The molecule has 150 valence electrons. The SMILES string of the molecule is Cc1ccc(N2C(=O)c3cccc4c(C(=O)c5ccccc5)ccc(c34)C2=O)cc1C. The lowest BCUT2D eigenvalue weighted by molar-refractivity contribution is 0.0892. The number of anilines is 1. The van der Waals surface area contributed by atoms with E-state index in [0.29, 0.717) is 38.7 Å². The number of carbonyl (C=O) groups is 3. The molecule has 0 aliphatic carbocycles. The highest BCUT2D eigenvalue weighted by Gasteiger charge is 2.35. The summed E-state index contributed by atoms with van der Waals surface area (Å²) < 4.78 is 0. The zero-order valence-electron chi connectivity index (χ0n) is 17.2. The Hall–Kier alpha value is -4.05. The second-order valence-electron chi connectivity index (χ2n) is 7.80. The lowest BCUT2D eigenvalue weighted by Gasteiger charge is -2.28. The van der Waals surface area contributed by atoms with Crippen LogP contribution in [0.4, 0.5) is 5.69 Å². The van der Waals surface area contributed by atoms with E-state index >= 15 is 0 Å². The first-order valence-electron chi connectivity index (χ1n) is 10.1. The molecule has 0 radical (unpaired) electrons. The molecule has 4 nitrogen and oxygen atoms in total. The Morgan fingerprint density at radius 3 is 2.13 bits per heavy atom. The molecule has 1 aliphatic rings. The fourth-order valence-electron chi connectivity index (χ4n) is 4.14. The normalized spacial score (nSPS) is 13.0. The highest BCUT2D eigenvalue weighted by Crippen LogP contribution is 2.35. The predicted octanol–water partition coefficient (Wildman–Crippen LogP) is 5.49. The van der Waals surface area contributed by atoms with E-state index in [2.05, 4.69) is 0 Å². The third-order valence-corrected chi connectivity index (χ3v) is 5.94. The van der Waals surface area contributed by atoms with Crippen molar-refractivity contribution >= 4 is 34.1 Å². The Morgan fingerprint density at radius 2 is 1.42 bits per heavy atom. The Labute approximate surface area is 179 Å². The third kappa shape index (κ3) is 2.88. The Kier molecular flexibility index (Phi) is 4.29. The van der Waals surface area contributed by atoms with E-state index in [1.165, 1.54) is 4.90 Å². The average Bonchev–Trinajstić information content (AvgIpc) is 2.79. The minimum absolute atomic E-state index is 0.138. The Morgan fingerprint density at radius 1 is 0.710 bits per heavy atom. The molecular weight excluding hydrogens is 386 g/mol. The van der Waals surface area contributed by atoms with Crippen LogP contribution in [0.5, 0.6) is 0 Å². The summed E-state index contributed by atoms with van der Waals surface area (Å²) in [6.07, 6.45) is 0. The lowest BCUT2D eigenvalue weighted by Crippen LogP contribution is -2.40. The number of nitrogens with zero attached hydrogens (tertiary/aromatic N) is 1. The molecule has 0 N–H and O–H groups in total. The number of ketones is 1. The molecule has 4 aromatic carbocycles. The van der Waals surface area contributed by atoms with E-state index in [9.17, 15) is 14.4 Å². The van der Waals surface area contributed by atoms with Gasteiger partial charge in [-0.3, -0.25) is 14.4 Å². The van der Waals surface area contributed by atoms with E-state index in [-0.39, 0.29) is 17.6 Å². The van der Waals surface area contributed by atoms with Gasteiger partial charge in [-0.25, -0.2) is 4.90 Å². The van der Waals surface area contributed by atoms with E-state index in [4.69, 9.17) is 0 Å². The maximum Gasteiger partial charge on any atom is 0.265 e. The van der Waals surface area contributed by atoms with Crippen molar-refractivity contribution in [2.45, 2.75) is 13.8 Å². The summed E-state index contributed by atoms with van der Waals surface area (Å²) >= 11 is 0. The van der Waals surface area contributed by atoms with Crippen molar-refractivity contribution in [2.75, 3.05) is 4.90 Å². The third-order valence-electron chi connectivity index (χ3n) is 5.94. The van der Waals surface area contributed by atoms with Crippen LogP contribution in [0.3, 0.4) is 0 Å². The molecule has 0 bridgehead atoms. The minimum Gasteiger partial charge on any atom is -0.289 e. The molecule has 1 heterocycles. The molecular formula is C27H19NO3. The number of amides is 2. The quantitative estimate of drug-likeness (QED) is 0.335. The summed E-state index contributed by atoms with van der Waals surface area (Å²) in [6.45, 7) is 3.94. The van der Waals surface area contributed by atoms with Crippen LogP contribution in [0.25, 0.3) is 10.8 Å². The molecule has 0 aromatic heterocycles. The van der Waals surface area contributed by atoms with Gasteiger partial charge in [-0.05, 0) is 60.7 Å². The maximum absolute atomic E-state index is 13.4. The smallest absolute Gasteiger partial charge is 0.265 e. The van der Waals surface area contributed by atoms with Gasteiger partial charge in [0.15, 0.2) is 5.78 Å². The first-order chi connectivity index (χ1) is 15.0. The van der Waals surface area contributed by atoms with Gasteiger partial charge in [-0.1, -0.05) is 48.5 Å². The fraction of sp³-hybridized carbons (Fsp3) is 0.0741. The molecule has 0 saturated carbocycles. The highest BCUT2D eigenvalue weighted by atomic mass is 16.2. The summed E-state index contributed by atoms with van der Waals surface area (Å²) in [5.41, 5.74) is 4.53. The van der Waals surface area contributed by atoms with Crippen LogP contribution in [-0.2, 0) is 0 Å². The van der Waals surface area contributed by atoms with E-state index in [1.807, 2.05) is 44.2 Å². The maximum atomic E-state index is 13.4. The number of benzene rings is 4. The van der Waals surface area contributed by atoms with Gasteiger partial charge >= 0.3 is 0 Å². The van der Waals surface area contributed by atoms with Crippen molar-refractivity contribution in [3.05, 3.63) is 112 Å². The van der Waals surface area contributed by atoms with Crippen LogP contribution in [0, 0.1) is 13.8 Å². The number of rotatable bonds is 3. The molecule has 4 aromatic rings. The van der Waals surface area contributed by atoms with Crippen LogP contribution in [0.15, 0.2) is 78.9 Å². The van der Waals surface area contributed by atoms with Crippen LogP contribution >= 0.6 is 0 Å². The summed E-state index contributed by atoms with van der Waals surface area (Å²) in [4.78, 5) is 41.1. The predicted molar refractivity (Wildman–Crippen MR) is 121 cm³/mol. The number of hydrogen-bond donors (Lipinski definition) is 0. The largest absolute Gasteiger partial charge is 0.289 e. The van der Waals surface area contributed by atoms with Gasteiger partial charge in [0.2, 0.25) is 0 Å². The molecule has 5 rings (SSSR count). The van der Waals surface area contributed by atoms with Gasteiger partial charge in [-0.2, -0.15) is 0 Å². The average molecular weight is 405 g/mol. The van der Waals surface area contributed by atoms with Crippen LogP contribution in [-0.4, -0.2) is 17.6 Å². The van der Waals surface area contributed by atoms with Gasteiger partial charge < -0.3 is 0 Å². The molecule has 0 atom stereocenters. The first kappa shape index (κ1) is 18.9. The number of hydrogen-bond acceptors (Lipinski definition) is 3. The highest BCUT2D eigenvalue weighted by molar-refractivity contribution is 6.37. The lowest BCUT2D eigenvalue weighted by atomic mass is 9.88. The first-order valence-corrected chi connectivity index (χ1v) is 10.1. The Bertz CT molecular complexity index is 1380.